The van der Waals surface area contributed by atoms with Crippen molar-refractivity contribution < 1.29 is 9.47 Å². The van der Waals surface area contributed by atoms with Gasteiger partial charge in [0.25, 0.3) is 0 Å². The molecular weight excluding hydrogens is 396 g/mol. The molecule has 0 aliphatic carbocycles. The Hall–Kier alpha value is -3.50. The zero-order chi connectivity index (χ0) is 20.9. The van der Waals surface area contributed by atoms with Gasteiger partial charge in [0.2, 0.25) is 5.88 Å². The van der Waals surface area contributed by atoms with Crippen LogP contribution in [0.25, 0.3) is 21.8 Å². The lowest BCUT2D eigenvalue weighted by atomic mass is 10.1. The first-order valence-corrected chi connectivity index (χ1v) is 10.3. The normalized spacial score (nSPS) is 21.0. The number of morpholine rings is 1. The van der Waals surface area contributed by atoms with Crippen LogP contribution in [0.1, 0.15) is 5.56 Å². The third-order valence-electron chi connectivity index (χ3n) is 6.00. The van der Waals surface area contributed by atoms with Gasteiger partial charge in [-0.2, -0.15) is 10.1 Å². The molecule has 4 aromatic rings. The first kappa shape index (κ1) is 18.3. The van der Waals surface area contributed by atoms with Crippen molar-refractivity contribution in [3.63, 3.8) is 0 Å². The lowest BCUT2D eigenvalue weighted by Gasteiger charge is -2.25. The van der Waals surface area contributed by atoms with Crippen molar-refractivity contribution in [1.29, 1.82) is 0 Å². The number of H-pyrrole nitrogens is 1. The van der Waals surface area contributed by atoms with E-state index in [1.54, 1.807) is 6.20 Å². The summed E-state index contributed by atoms with van der Waals surface area (Å²) in [6, 6.07) is 6.18. The van der Waals surface area contributed by atoms with E-state index in [1.807, 2.05) is 25.1 Å². The molecule has 2 atom stereocenters. The molecule has 2 fully saturated rings. The first-order chi connectivity index (χ1) is 15.2. The summed E-state index contributed by atoms with van der Waals surface area (Å²) in [6.45, 7) is 5.15. The summed E-state index contributed by atoms with van der Waals surface area (Å²) < 4.78 is 12.3. The van der Waals surface area contributed by atoms with E-state index in [-0.39, 0.29) is 12.1 Å². The second kappa shape index (κ2) is 7.03. The Bertz CT molecular complexity index is 1280. The van der Waals surface area contributed by atoms with Gasteiger partial charge in [0.15, 0.2) is 0 Å². The number of aromatic nitrogens is 5. The number of anilines is 2. The number of pyridine rings is 1. The number of rotatable bonds is 3. The molecule has 1 aromatic carbocycles. The van der Waals surface area contributed by atoms with Gasteiger partial charge in [-0.05, 0) is 18.6 Å². The highest BCUT2D eigenvalue weighted by Crippen LogP contribution is 2.38. The molecular formula is C21H22N8O2. The van der Waals surface area contributed by atoms with Crippen molar-refractivity contribution in [1.82, 2.24) is 30.5 Å². The van der Waals surface area contributed by atoms with Crippen molar-refractivity contribution in [3.8, 4) is 11.6 Å². The van der Waals surface area contributed by atoms with Gasteiger partial charge < -0.3 is 25.4 Å². The fraction of sp³-hybridized carbons (Fsp3) is 0.333. The zero-order valence-corrected chi connectivity index (χ0v) is 17.0. The molecule has 2 aliphatic rings. The molecule has 31 heavy (non-hydrogen) atoms. The largest absolute Gasteiger partial charge is 0.437 e. The Morgan fingerprint density at radius 3 is 3.10 bits per heavy atom. The van der Waals surface area contributed by atoms with Crippen molar-refractivity contribution in [2.24, 2.45) is 0 Å². The fourth-order valence-corrected chi connectivity index (χ4v) is 4.41. The van der Waals surface area contributed by atoms with Crippen LogP contribution in [-0.4, -0.2) is 63.5 Å². The quantitative estimate of drug-likeness (QED) is 0.456. The number of hydrogen-bond donors (Lipinski definition) is 3. The highest BCUT2D eigenvalue weighted by Gasteiger charge is 2.36. The van der Waals surface area contributed by atoms with Gasteiger partial charge in [-0.15, -0.1) is 0 Å². The summed E-state index contributed by atoms with van der Waals surface area (Å²) in [4.78, 5) is 15.7. The van der Waals surface area contributed by atoms with Crippen LogP contribution < -0.4 is 20.7 Å². The van der Waals surface area contributed by atoms with Crippen molar-refractivity contribution in [3.05, 3.63) is 36.3 Å². The average Bonchev–Trinajstić information content (AvgIpc) is 3.42. The van der Waals surface area contributed by atoms with Crippen LogP contribution in [0.5, 0.6) is 11.6 Å². The van der Waals surface area contributed by atoms with Crippen LogP contribution in [0, 0.1) is 6.92 Å². The lowest BCUT2D eigenvalue weighted by Crippen LogP contribution is -2.47. The number of nitrogens with one attached hydrogen (secondary N) is 2. The van der Waals surface area contributed by atoms with Crippen LogP contribution >= 0.6 is 0 Å². The predicted molar refractivity (Wildman–Crippen MR) is 116 cm³/mol. The van der Waals surface area contributed by atoms with E-state index >= 15 is 0 Å². The molecule has 0 amide bonds. The maximum absolute atomic E-state index is 6.39. The van der Waals surface area contributed by atoms with Gasteiger partial charge in [0, 0.05) is 25.7 Å². The van der Waals surface area contributed by atoms with E-state index in [0.717, 1.165) is 48.5 Å². The number of benzene rings is 1. The van der Waals surface area contributed by atoms with E-state index in [9.17, 15) is 0 Å². The van der Waals surface area contributed by atoms with Gasteiger partial charge >= 0.3 is 0 Å². The summed E-state index contributed by atoms with van der Waals surface area (Å²) in [5.74, 6) is 2.17. The van der Waals surface area contributed by atoms with Crippen LogP contribution in [0.2, 0.25) is 0 Å². The van der Waals surface area contributed by atoms with Crippen LogP contribution in [-0.2, 0) is 4.74 Å². The zero-order valence-electron chi connectivity index (χ0n) is 17.0. The number of nitrogens with zero attached hydrogens (tertiary/aromatic N) is 5. The monoisotopic (exact) mass is 418 g/mol. The molecule has 2 saturated heterocycles. The standard InChI is InChI=1S/C21H22N8O2/c1-11-2-3-13-12(7-26-28-13)19(11)31-21-18-14(24-10-25-20(18)22)6-17(27-21)29-8-15-16(9-29)30-5-4-23-15/h2-3,6-7,10,15-16,23H,4-5,8-9H2,1H3,(H,26,28)(H2,22,24,25)/t15-,16-/m0/s1. The number of fused-ring (bicyclic) bond motifs is 3. The minimum absolute atomic E-state index is 0.146. The number of nitrogens with two attached hydrogens (primary N) is 1. The second-order valence-corrected chi connectivity index (χ2v) is 7.96. The highest BCUT2D eigenvalue weighted by atomic mass is 16.5. The third-order valence-corrected chi connectivity index (χ3v) is 6.00. The molecule has 158 valence electrons. The molecule has 3 aromatic heterocycles. The van der Waals surface area contributed by atoms with Gasteiger partial charge in [0.05, 0.1) is 41.4 Å². The van der Waals surface area contributed by atoms with Gasteiger partial charge in [-0.3, -0.25) is 5.10 Å². The predicted octanol–water partition coefficient (Wildman–Crippen LogP) is 1.76. The molecule has 4 N–H and O–H groups in total. The average molecular weight is 418 g/mol. The van der Waals surface area contributed by atoms with E-state index in [1.165, 1.54) is 6.33 Å². The Morgan fingerprint density at radius 2 is 2.19 bits per heavy atom. The van der Waals surface area contributed by atoms with Crippen molar-refractivity contribution >= 4 is 33.4 Å². The second-order valence-electron chi connectivity index (χ2n) is 7.96. The molecule has 0 spiro atoms. The van der Waals surface area contributed by atoms with Gasteiger partial charge in [0.1, 0.15) is 29.1 Å². The molecule has 10 nitrogen and oxygen atoms in total. The lowest BCUT2D eigenvalue weighted by molar-refractivity contribution is 0.0212. The van der Waals surface area contributed by atoms with Gasteiger partial charge in [-0.25, -0.2) is 9.97 Å². The van der Waals surface area contributed by atoms with Crippen LogP contribution in [0.15, 0.2) is 30.7 Å². The molecule has 0 unspecified atom stereocenters. The molecule has 5 heterocycles. The Balaban J connectivity index is 1.47. The third kappa shape index (κ3) is 3.03. The number of hydrogen-bond acceptors (Lipinski definition) is 9. The van der Waals surface area contributed by atoms with Crippen molar-refractivity contribution in [2.75, 3.05) is 36.9 Å². The Morgan fingerprint density at radius 1 is 1.26 bits per heavy atom. The van der Waals surface area contributed by atoms with Crippen molar-refractivity contribution in [2.45, 2.75) is 19.1 Å². The SMILES string of the molecule is Cc1ccc2[nH]ncc2c1Oc1nc(N2C[C@@H]3NCCO[C@H]3C2)cc2ncnc(N)c12. The summed E-state index contributed by atoms with van der Waals surface area (Å²) in [5.41, 5.74) is 8.75. The molecule has 0 saturated carbocycles. The van der Waals surface area contributed by atoms with E-state index < -0.39 is 0 Å². The minimum atomic E-state index is 0.146. The summed E-state index contributed by atoms with van der Waals surface area (Å²) in [6.07, 6.45) is 3.35. The number of nitrogen functional groups attached to an aromatic ring is 1. The molecule has 2 aliphatic heterocycles. The smallest absolute Gasteiger partial charge is 0.234 e. The van der Waals surface area contributed by atoms with E-state index in [0.29, 0.717) is 28.4 Å². The van der Waals surface area contributed by atoms with E-state index in [4.69, 9.17) is 20.2 Å². The first-order valence-electron chi connectivity index (χ1n) is 10.3. The topological polar surface area (TPSA) is 127 Å². The number of ether oxygens (including phenoxy) is 2. The molecule has 0 bridgehead atoms. The number of aromatic amines is 1. The molecule has 10 heteroatoms. The Kier molecular flexibility index (Phi) is 4.15. The summed E-state index contributed by atoms with van der Waals surface area (Å²) >= 11 is 0. The highest BCUT2D eigenvalue weighted by molar-refractivity contribution is 5.95. The fourth-order valence-electron chi connectivity index (χ4n) is 4.41. The molecule has 0 radical (unpaired) electrons. The van der Waals surface area contributed by atoms with Gasteiger partial charge in [-0.1, -0.05) is 6.07 Å². The Labute approximate surface area is 177 Å². The van der Waals surface area contributed by atoms with Crippen LogP contribution in [0.3, 0.4) is 0 Å². The van der Waals surface area contributed by atoms with Crippen LogP contribution in [0.4, 0.5) is 11.6 Å². The number of aryl methyl sites for hydroxylation is 1. The maximum Gasteiger partial charge on any atom is 0.234 e. The summed E-state index contributed by atoms with van der Waals surface area (Å²) in [7, 11) is 0. The van der Waals surface area contributed by atoms with E-state index in [2.05, 4.69) is 30.4 Å². The summed E-state index contributed by atoms with van der Waals surface area (Å²) in [5, 5.41) is 12.1. The minimum Gasteiger partial charge on any atom is -0.437 e. The molecule has 6 rings (SSSR count). The maximum atomic E-state index is 6.39.